The van der Waals surface area contributed by atoms with Gasteiger partial charge in [-0.3, -0.25) is 4.99 Å². The Morgan fingerprint density at radius 3 is 2.95 bits per heavy atom. The lowest BCUT2D eigenvalue weighted by Gasteiger charge is -2.00. The average molecular weight is 279 g/mol. The number of hydrogen-bond donors (Lipinski definition) is 1. The lowest BCUT2D eigenvalue weighted by atomic mass is 10.2. The highest BCUT2D eigenvalue weighted by Crippen LogP contribution is 2.19. The van der Waals surface area contributed by atoms with Gasteiger partial charge in [0.05, 0.1) is 11.8 Å². The van der Waals surface area contributed by atoms with Crippen molar-refractivity contribution in [2.75, 3.05) is 6.54 Å². The maximum absolute atomic E-state index is 5.38. The smallest absolute Gasteiger partial charge is 0.225 e. The fraction of sp³-hybridized carbons (Fsp3) is 0.133. The minimum atomic E-state index is 0.553. The molecule has 0 amide bonds. The number of furan rings is 1. The van der Waals surface area contributed by atoms with E-state index in [-0.39, 0.29) is 0 Å². The van der Waals surface area contributed by atoms with Crippen LogP contribution in [0.1, 0.15) is 6.92 Å². The van der Waals surface area contributed by atoms with Crippen LogP contribution in [-0.2, 0) is 0 Å². The molecule has 0 aliphatic rings. The monoisotopic (exact) mass is 279 g/mol. The van der Waals surface area contributed by atoms with E-state index in [0.717, 1.165) is 16.6 Å². The first-order chi connectivity index (χ1) is 10.4. The van der Waals surface area contributed by atoms with Crippen molar-refractivity contribution in [1.82, 2.24) is 19.6 Å². The zero-order chi connectivity index (χ0) is 14.2. The fourth-order valence-electron chi connectivity index (χ4n) is 2.36. The summed E-state index contributed by atoms with van der Waals surface area (Å²) in [7, 11) is 0. The van der Waals surface area contributed by atoms with Crippen molar-refractivity contribution in [1.29, 1.82) is 0 Å². The number of H-pyrrole nitrogens is 1. The Kier molecular flexibility index (Phi) is 2.60. The third-order valence-corrected chi connectivity index (χ3v) is 3.27. The van der Waals surface area contributed by atoms with Crippen molar-refractivity contribution in [2.24, 2.45) is 4.99 Å². The van der Waals surface area contributed by atoms with E-state index in [4.69, 9.17) is 4.42 Å². The van der Waals surface area contributed by atoms with E-state index in [9.17, 15) is 0 Å². The molecule has 1 aromatic carbocycles. The van der Waals surface area contributed by atoms with Gasteiger partial charge < -0.3 is 9.40 Å². The van der Waals surface area contributed by atoms with E-state index in [2.05, 4.69) is 20.1 Å². The Morgan fingerprint density at radius 1 is 1.24 bits per heavy atom. The van der Waals surface area contributed by atoms with E-state index in [1.165, 1.54) is 0 Å². The maximum Gasteiger partial charge on any atom is 0.225 e. The fourth-order valence-corrected chi connectivity index (χ4v) is 2.36. The molecule has 4 aromatic rings. The topological polar surface area (TPSA) is 71.5 Å². The highest BCUT2D eigenvalue weighted by atomic mass is 16.3. The average Bonchev–Trinajstić information content (AvgIpc) is 3.17. The molecule has 1 N–H and O–H groups in total. The summed E-state index contributed by atoms with van der Waals surface area (Å²) in [6.07, 6.45) is 1.61. The summed E-state index contributed by atoms with van der Waals surface area (Å²) in [5.74, 6) is 1.20. The van der Waals surface area contributed by atoms with Gasteiger partial charge in [-0.15, -0.1) is 5.10 Å². The van der Waals surface area contributed by atoms with Gasteiger partial charge in [0.25, 0.3) is 0 Å². The van der Waals surface area contributed by atoms with Crippen molar-refractivity contribution in [3.63, 3.8) is 0 Å². The molecule has 3 heterocycles. The van der Waals surface area contributed by atoms with Gasteiger partial charge in [-0.25, -0.2) is 4.98 Å². The predicted molar refractivity (Wildman–Crippen MR) is 78.6 cm³/mol. The van der Waals surface area contributed by atoms with Crippen LogP contribution in [0.2, 0.25) is 0 Å². The first-order valence-corrected chi connectivity index (χ1v) is 6.79. The molecule has 0 aliphatic heterocycles. The predicted octanol–water partition coefficient (Wildman–Crippen LogP) is 2.39. The summed E-state index contributed by atoms with van der Waals surface area (Å²) in [5.41, 5.74) is 2.43. The van der Waals surface area contributed by atoms with Crippen LogP contribution in [0, 0.1) is 0 Å². The maximum atomic E-state index is 5.38. The third-order valence-electron chi connectivity index (χ3n) is 3.27. The number of fused-ring (bicyclic) bond motifs is 3. The lowest BCUT2D eigenvalue weighted by molar-refractivity contribution is 0.577. The van der Waals surface area contributed by atoms with Gasteiger partial charge in [0.1, 0.15) is 0 Å². The van der Waals surface area contributed by atoms with E-state index >= 15 is 0 Å². The Balaban J connectivity index is 2.14. The van der Waals surface area contributed by atoms with Crippen LogP contribution in [0.5, 0.6) is 0 Å². The second kappa shape index (κ2) is 4.59. The highest BCUT2D eigenvalue weighted by molar-refractivity contribution is 5.91. The summed E-state index contributed by atoms with van der Waals surface area (Å²) >= 11 is 0. The van der Waals surface area contributed by atoms with Crippen molar-refractivity contribution < 1.29 is 4.42 Å². The van der Waals surface area contributed by atoms with Crippen LogP contribution in [0.25, 0.3) is 28.1 Å². The molecule has 21 heavy (non-hydrogen) atoms. The van der Waals surface area contributed by atoms with E-state index in [0.29, 0.717) is 23.7 Å². The third kappa shape index (κ3) is 1.84. The summed E-state index contributed by atoms with van der Waals surface area (Å²) in [4.78, 5) is 12.4. The molecule has 0 spiro atoms. The summed E-state index contributed by atoms with van der Waals surface area (Å²) in [5, 5.41) is 5.51. The van der Waals surface area contributed by atoms with Crippen molar-refractivity contribution in [2.45, 2.75) is 6.92 Å². The Bertz CT molecular complexity index is 978. The van der Waals surface area contributed by atoms with E-state index in [1.54, 1.807) is 10.8 Å². The molecule has 4 rings (SSSR count). The zero-order valence-electron chi connectivity index (χ0n) is 11.4. The molecule has 0 atom stereocenters. The number of rotatable bonds is 2. The summed E-state index contributed by atoms with van der Waals surface area (Å²) in [6.45, 7) is 2.65. The lowest BCUT2D eigenvalue weighted by Crippen LogP contribution is -2.20. The Labute approximate surface area is 119 Å². The van der Waals surface area contributed by atoms with Gasteiger partial charge in [-0.1, -0.05) is 12.1 Å². The molecule has 0 radical (unpaired) electrons. The van der Waals surface area contributed by atoms with Gasteiger partial charge in [0.2, 0.25) is 11.4 Å². The van der Waals surface area contributed by atoms with Crippen LogP contribution in [0.4, 0.5) is 0 Å². The van der Waals surface area contributed by atoms with Crippen molar-refractivity contribution >= 4 is 16.6 Å². The minimum absolute atomic E-state index is 0.553. The van der Waals surface area contributed by atoms with Gasteiger partial charge in [0, 0.05) is 11.9 Å². The number of hydrogen-bond acceptors (Lipinski definition) is 4. The minimum Gasteiger partial charge on any atom is -0.461 e. The van der Waals surface area contributed by atoms with Gasteiger partial charge in [-0.05, 0) is 31.2 Å². The van der Waals surface area contributed by atoms with Crippen LogP contribution < -0.4 is 5.62 Å². The molecule has 0 saturated heterocycles. The standard InChI is InChI=1S/C15H13N5O/c1-2-16-15-17-11-7-4-3-6-10(11)14-18-13(19-20(14)15)12-8-5-9-21-12/h3-9H,2H2,1H3,(H,16,17). The molecule has 6 nitrogen and oxygen atoms in total. The molecule has 0 fully saturated rings. The SMILES string of the molecule is CC/N=c1/[nH]c2ccccc2c2nc(-c3ccco3)nn12. The van der Waals surface area contributed by atoms with Gasteiger partial charge in [-0.2, -0.15) is 4.52 Å². The molecule has 3 aromatic heterocycles. The number of aromatic nitrogens is 4. The van der Waals surface area contributed by atoms with Crippen LogP contribution in [0.3, 0.4) is 0 Å². The van der Waals surface area contributed by atoms with Crippen molar-refractivity contribution in [3.05, 3.63) is 48.3 Å². The molecule has 0 saturated carbocycles. The van der Waals surface area contributed by atoms with Crippen LogP contribution in [0.15, 0.2) is 52.1 Å². The van der Waals surface area contributed by atoms with Crippen LogP contribution >= 0.6 is 0 Å². The number of nitrogens with one attached hydrogen (secondary N) is 1. The zero-order valence-corrected chi connectivity index (χ0v) is 11.4. The first kappa shape index (κ1) is 11.9. The number of aromatic amines is 1. The van der Waals surface area contributed by atoms with Crippen LogP contribution in [-0.4, -0.2) is 26.1 Å². The molecular weight excluding hydrogens is 266 g/mol. The quantitative estimate of drug-likeness (QED) is 0.612. The first-order valence-electron chi connectivity index (χ1n) is 6.79. The van der Waals surface area contributed by atoms with E-state index < -0.39 is 0 Å². The second-order valence-electron chi connectivity index (χ2n) is 4.62. The van der Waals surface area contributed by atoms with Gasteiger partial charge in [0.15, 0.2) is 11.4 Å². The number of benzene rings is 1. The highest BCUT2D eigenvalue weighted by Gasteiger charge is 2.12. The van der Waals surface area contributed by atoms with E-state index in [1.807, 2.05) is 43.3 Å². The largest absolute Gasteiger partial charge is 0.461 e. The second-order valence-corrected chi connectivity index (χ2v) is 4.62. The summed E-state index contributed by atoms with van der Waals surface area (Å²) < 4.78 is 7.11. The molecule has 0 aliphatic carbocycles. The van der Waals surface area contributed by atoms with Crippen molar-refractivity contribution in [3.8, 4) is 11.6 Å². The molecular formula is C15H13N5O. The Hall–Kier alpha value is -2.89. The molecule has 0 unspecified atom stereocenters. The van der Waals surface area contributed by atoms with Gasteiger partial charge >= 0.3 is 0 Å². The Morgan fingerprint density at radius 2 is 2.14 bits per heavy atom. The normalized spacial score (nSPS) is 12.5. The molecule has 104 valence electrons. The number of nitrogens with zero attached hydrogens (tertiary/aromatic N) is 4. The molecule has 0 bridgehead atoms. The summed E-state index contributed by atoms with van der Waals surface area (Å²) in [6, 6.07) is 11.6. The molecule has 6 heteroatoms. The number of para-hydroxylation sites is 1.